The van der Waals surface area contributed by atoms with Crippen molar-refractivity contribution < 1.29 is 9.53 Å². The first-order valence-electron chi connectivity index (χ1n) is 5.19. The maximum atomic E-state index is 12.1. The summed E-state index contributed by atoms with van der Waals surface area (Å²) in [5.74, 6) is -0.491. The fourth-order valence-electron chi connectivity index (χ4n) is 1.65. The number of carbonyl (C=O) groups is 1. The van der Waals surface area contributed by atoms with Crippen molar-refractivity contribution >= 4 is 16.7 Å². The fourth-order valence-corrected chi connectivity index (χ4v) is 1.65. The van der Waals surface area contributed by atoms with Gasteiger partial charge in [-0.1, -0.05) is 18.2 Å². The van der Waals surface area contributed by atoms with Gasteiger partial charge in [0.05, 0.1) is 18.7 Å². The Labute approximate surface area is 97.6 Å². The standard InChI is InChI=1S/C12H12N2O3/c1-8(12(16)17-2)14-11(15)10-6-4-3-5-9(10)7-13-14/h3-8H,1-2H3/t8-/m0/s1. The summed E-state index contributed by atoms with van der Waals surface area (Å²) in [5, 5.41) is 5.27. The smallest absolute Gasteiger partial charge is 0.330 e. The molecule has 5 heteroatoms. The average molecular weight is 232 g/mol. The molecule has 17 heavy (non-hydrogen) atoms. The number of esters is 1. The quantitative estimate of drug-likeness (QED) is 0.728. The molecule has 0 spiro atoms. The molecule has 5 nitrogen and oxygen atoms in total. The van der Waals surface area contributed by atoms with Crippen molar-refractivity contribution in [1.82, 2.24) is 9.78 Å². The number of benzene rings is 1. The van der Waals surface area contributed by atoms with E-state index in [0.717, 1.165) is 10.1 Å². The predicted octanol–water partition coefficient (Wildman–Crippen LogP) is 1.13. The number of aromatic nitrogens is 2. The monoisotopic (exact) mass is 232 g/mol. The van der Waals surface area contributed by atoms with E-state index in [1.54, 1.807) is 31.3 Å². The van der Waals surface area contributed by atoms with Crippen molar-refractivity contribution in [1.29, 1.82) is 0 Å². The van der Waals surface area contributed by atoms with Crippen LogP contribution in [-0.2, 0) is 9.53 Å². The molecule has 0 radical (unpaired) electrons. The summed E-state index contributed by atoms with van der Waals surface area (Å²) in [6.45, 7) is 1.58. The second-order valence-corrected chi connectivity index (χ2v) is 3.68. The molecular formula is C12H12N2O3. The van der Waals surface area contributed by atoms with Crippen LogP contribution in [0.5, 0.6) is 0 Å². The van der Waals surface area contributed by atoms with Crippen LogP contribution in [0.4, 0.5) is 0 Å². The molecule has 1 heterocycles. The summed E-state index contributed by atoms with van der Waals surface area (Å²) in [7, 11) is 1.28. The number of hydrogen-bond acceptors (Lipinski definition) is 4. The molecule has 1 aromatic carbocycles. The Hall–Kier alpha value is -2.17. The first-order chi connectivity index (χ1) is 8.15. The van der Waals surface area contributed by atoms with Crippen LogP contribution in [0.1, 0.15) is 13.0 Å². The molecule has 0 N–H and O–H groups in total. The van der Waals surface area contributed by atoms with Crippen LogP contribution in [0.25, 0.3) is 10.8 Å². The molecule has 0 bridgehead atoms. The van der Waals surface area contributed by atoms with Crippen LogP contribution in [0.15, 0.2) is 35.3 Å². The molecule has 0 unspecified atom stereocenters. The number of hydrogen-bond donors (Lipinski definition) is 0. The molecule has 2 rings (SSSR count). The van der Waals surface area contributed by atoms with Gasteiger partial charge in [0.25, 0.3) is 5.56 Å². The number of fused-ring (bicyclic) bond motifs is 1. The molecule has 0 fully saturated rings. The lowest BCUT2D eigenvalue weighted by Crippen LogP contribution is -2.30. The molecule has 0 aliphatic rings. The second kappa shape index (κ2) is 4.37. The Morgan fingerprint density at radius 1 is 1.41 bits per heavy atom. The van der Waals surface area contributed by atoms with Crippen LogP contribution >= 0.6 is 0 Å². The van der Waals surface area contributed by atoms with Crippen molar-refractivity contribution in [3.05, 3.63) is 40.8 Å². The molecule has 88 valence electrons. The van der Waals surface area contributed by atoms with Crippen molar-refractivity contribution in [3.63, 3.8) is 0 Å². The Morgan fingerprint density at radius 3 is 2.82 bits per heavy atom. The third-order valence-corrected chi connectivity index (χ3v) is 2.63. The summed E-state index contributed by atoms with van der Waals surface area (Å²) in [6.07, 6.45) is 1.57. The Kier molecular flexibility index (Phi) is 2.91. The van der Waals surface area contributed by atoms with Crippen molar-refractivity contribution in [2.24, 2.45) is 0 Å². The summed E-state index contributed by atoms with van der Waals surface area (Å²) >= 11 is 0. The second-order valence-electron chi connectivity index (χ2n) is 3.68. The highest BCUT2D eigenvalue weighted by molar-refractivity contribution is 5.81. The Bertz CT molecular complexity index is 618. The van der Waals surface area contributed by atoms with E-state index in [9.17, 15) is 9.59 Å². The molecule has 0 aliphatic heterocycles. The largest absolute Gasteiger partial charge is 0.467 e. The van der Waals surface area contributed by atoms with Gasteiger partial charge in [-0.25, -0.2) is 9.48 Å². The van der Waals surface area contributed by atoms with Crippen LogP contribution < -0.4 is 5.56 Å². The molecule has 0 saturated heterocycles. The normalized spacial score (nSPS) is 12.4. The maximum absolute atomic E-state index is 12.1. The predicted molar refractivity (Wildman–Crippen MR) is 62.7 cm³/mol. The van der Waals surface area contributed by atoms with E-state index in [4.69, 9.17) is 0 Å². The van der Waals surface area contributed by atoms with E-state index in [0.29, 0.717) is 5.39 Å². The molecule has 2 aromatic rings. The van der Waals surface area contributed by atoms with Gasteiger partial charge in [0.1, 0.15) is 0 Å². The molecular weight excluding hydrogens is 220 g/mol. The molecule has 0 aliphatic carbocycles. The van der Waals surface area contributed by atoms with Crippen LogP contribution in [-0.4, -0.2) is 22.9 Å². The van der Waals surface area contributed by atoms with Gasteiger partial charge in [0.2, 0.25) is 0 Å². The first-order valence-corrected chi connectivity index (χ1v) is 5.19. The van der Waals surface area contributed by atoms with E-state index in [-0.39, 0.29) is 5.56 Å². The minimum absolute atomic E-state index is 0.291. The van der Waals surface area contributed by atoms with Gasteiger partial charge in [0, 0.05) is 5.39 Å². The van der Waals surface area contributed by atoms with Crippen LogP contribution in [0.3, 0.4) is 0 Å². The number of carbonyl (C=O) groups excluding carboxylic acids is 1. The molecule has 1 aromatic heterocycles. The van der Waals surface area contributed by atoms with Gasteiger partial charge in [-0.3, -0.25) is 4.79 Å². The zero-order valence-electron chi connectivity index (χ0n) is 9.58. The van der Waals surface area contributed by atoms with Crippen molar-refractivity contribution in [3.8, 4) is 0 Å². The number of ether oxygens (including phenoxy) is 1. The van der Waals surface area contributed by atoms with Crippen LogP contribution in [0.2, 0.25) is 0 Å². The van der Waals surface area contributed by atoms with Crippen LogP contribution in [0, 0.1) is 0 Å². The van der Waals surface area contributed by atoms with E-state index < -0.39 is 12.0 Å². The first kappa shape index (κ1) is 11.3. The summed E-state index contributed by atoms with van der Waals surface area (Å²) in [4.78, 5) is 23.5. The van der Waals surface area contributed by atoms with Gasteiger partial charge >= 0.3 is 5.97 Å². The minimum Gasteiger partial charge on any atom is -0.467 e. The third kappa shape index (κ3) is 1.91. The maximum Gasteiger partial charge on any atom is 0.330 e. The van der Waals surface area contributed by atoms with Gasteiger partial charge in [0.15, 0.2) is 6.04 Å². The Morgan fingerprint density at radius 2 is 2.12 bits per heavy atom. The summed E-state index contributed by atoms with van der Waals surface area (Å²) in [5.41, 5.74) is -0.291. The van der Waals surface area contributed by atoms with Crippen molar-refractivity contribution in [2.45, 2.75) is 13.0 Å². The minimum atomic E-state index is -0.725. The van der Waals surface area contributed by atoms with E-state index in [1.807, 2.05) is 6.07 Å². The van der Waals surface area contributed by atoms with Gasteiger partial charge in [-0.2, -0.15) is 5.10 Å². The van der Waals surface area contributed by atoms with Crippen molar-refractivity contribution in [2.75, 3.05) is 7.11 Å². The number of methoxy groups -OCH3 is 1. The van der Waals surface area contributed by atoms with Gasteiger partial charge in [-0.05, 0) is 13.0 Å². The number of rotatable bonds is 2. The SMILES string of the molecule is COC(=O)[C@H](C)n1ncc2ccccc2c1=O. The van der Waals surface area contributed by atoms with E-state index in [2.05, 4.69) is 9.84 Å². The third-order valence-electron chi connectivity index (χ3n) is 2.63. The van der Waals surface area contributed by atoms with E-state index in [1.165, 1.54) is 7.11 Å². The highest BCUT2D eigenvalue weighted by Gasteiger charge is 2.18. The topological polar surface area (TPSA) is 61.2 Å². The fraction of sp³-hybridized carbons (Fsp3) is 0.250. The highest BCUT2D eigenvalue weighted by Crippen LogP contribution is 2.09. The zero-order valence-corrected chi connectivity index (χ0v) is 9.58. The molecule has 1 atom stereocenters. The van der Waals surface area contributed by atoms with E-state index >= 15 is 0 Å². The molecule has 0 amide bonds. The number of nitrogens with zero attached hydrogens (tertiary/aromatic N) is 2. The highest BCUT2D eigenvalue weighted by atomic mass is 16.5. The lowest BCUT2D eigenvalue weighted by Gasteiger charge is -2.11. The van der Waals surface area contributed by atoms with Gasteiger partial charge < -0.3 is 4.74 Å². The lowest BCUT2D eigenvalue weighted by atomic mass is 10.2. The molecule has 0 saturated carbocycles. The lowest BCUT2D eigenvalue weighted by molar-refractivity contribution is -0.144. The Balaban J connectivity index is 2.61. The van der Waals surface area contributed by atoms with Gasteiger partial charge in [-0.15, -0.1) is 0 Å². The summed E-state index contributed by atoms with van der Waals surface area (Å²) in [6, 6.07) is 6.39. The average Bonchev–Trinajstić information content (AvgIpc) is 2.38. The zero-order chi connectivity index (χ0) is 12.4. The summed E-state index contributed by atoms with van der Waals surface area (Å²) < 4.78 is 5.73.